The van der Waals surface area contributed by atoms with E-state index in [0.717, 1.165) is 18.8 Å². The van der Waals surface area contributed by atoms with Crippen LogP contribution in [0.5, 0.6) is 0 Å². The highest BCUT2D eigenvalue weighted by atomic mass is 127. The van der Waals surface area contributed by atoms with Crippen molar-refractivity contribution in [2.45, 2.75) is 31.3 Å². The second-order valence-corrected chi connectivity index (χ2v) is 7.91. The second kappa shape index (κ2) is 8.15. The first-order valence-corrected chi connectivity index (χ1v) is 8.30. The van der Waals surface area contributed by atoms with Crippen molar-refractivity contribution in [3.63, 3.8) is 0 Å². The highest BCUT2D eigenvalue weighted by Gasteiger charge is 2.37. The summed E-state index contributed by atoms with van der Waals surface area (Å²) in [6, 6.07) is 0. The molecule has 2 rings (SSSR count). The lowest BCUT2D eigenvalue weighted by atomic mass is 10.2. The zero-order chi connectivity index (χ0) is 17.3. The fraction of sp³-hybridized carbons (Fsp3) is 0.714. The van der Waals surface area contributed by atoms with Crippen molar-refractivity contribution < 1.29 is 13.2 Å². The van der Waals surface area contributed by atoms with E-state index in [1.165, 1.54) is 17.9 Å². The molecule has 1 aliphatic heterocycles. The third-order valence-corrected chi connectivity index (χ3v) is 4.84. The third kappa shape index (κ3) is 5.43. The van der Waals surface area contributed by atoms with Crippen LogP contribution in [-0.2, 0) is 19.8 Å². The molecule has 10 heteroatoms. The van der Waals surface area contributed by atoms with E-state index < -0.39 is 11.9 Å². The van der Waals surface area contributed by atoms with Gasteiger partial charge in [-0.1, -0.05) is 0 Å². The van der Waals surface area contributed by atoms with Gasteiger partial charge in [-0.25, -0.2) is 0 Å². The third-order valence-electron chi connectivity index (χ3n) is 3.55. The molecule has 0 atom stereocenters. The van der Waals surface area contributed by atoms with Gasteiger partial charge in [0.1, 0.15) is 0 Å². The maximum Gasteiger partial charge on any atom is 0.435 e. The summed E-state index contributed by atoms with van der Waals surface area (Å²) >= 11 is 1.89. The number of aliphatic imine (C=N–C) groups is 1. The fourth-order valence-corrected chi connectivity index (χ4v) is 3.72. The van der Waals surface area contributed by atoms with Crippen LogP contribution in [0.25, 0.3) is 0 Å². The van der Waals surface area contributed by atoms with Gasteiger partial charge in [-0.2, -0.15) is 30.0 Å². The van der Waals surface area contributed by atoms with Crippen LogP contribution in [0, 0.1) is 0 Å². The van der Waals surface area contributed by atoms with Crippen LogP contribution in [0.3, 0.4) is 0 Å². The quantitative estimate of drug-likeness (QED) is 0.405. The molecule has 1 fully saturated rings. The SMILES string of the molecule is CN=C(NCc1cn(C)nc1C(F)(F)F)N1CCSC(C)(C)C1.I. The molecule has 0 aliphatic carbocycles. The molecule has 138 valence electrons. The molecule has 1 aromatic heterocycles. The molecule has 24 heavy (non-hydrogen) atoms. The van der Waals surface area contributed by atoms with E-state index in [9.17, 15) is 13.2 Å². The predicted molar refractivity (Wildman–Crippen MR) is 102 cm³/mol. The highest BCUT2D eigenvalue weighted by Crippen LogP contribution is 2.31. The molecule has 0 saturated carbocycles. The number of alkyl halides is 3. The average Bonchev–Trinajstić information content (AvgIpc) is 2.80. The highest BCUT2D eigenvalue weighted by molar-refractivity contribution is 14.0. The maximum absolute atomic E-state index is 13.0. The summed E-state index contributed by atoms with van der Waals surface area (Å²) in [6.07, 6.45) is -3.06. The first kappa shape index (κ1) is 21.4. The average molecular weight is 477 g/mol. The molecule has 0 radical (unpaired) electrons. The Hall–Kier alpha value is -0.650. The van der Waals surface area contributed by atoms with Gasteiger partial charge < -0.3 is 10.2 Å². The van der Waals surface area contributed by atoms with Gasteiger partial charge >= 0.3 is 6.18 Å². The summed E-state index contributed by atoms with van der Waals surface area (Å²) in [7, 11) is 3.13. The summed E-state index contributed by atoms with van der Waals surface area (Å²) in [5.74, 6) is 1.59. The molecule has 0 spiro atoms. The lowest BCUT2D eigenvalue weighted by molar-refractivity contribution is -0.142. The normalized spacial score (nSPS) is 18.3. The number of guanidine groups is 1. The van der Waals surface area contributed by atoms with Crippen LogP contribution in [0.15, 0.2) is 11.2 Å². The van der Waals surface area contributed by atoms with E-state index in [1.54, 1.807) is 7.05 Å². The van der Waals surface area contributed by atoms with Gasteiger partial charge in [0.05, 0.1) is 0 Å². The number of aromatic nitrogens is 2. The molecular weight excluding hydrogens is 454 g/mol. The zero-order valence-corrected chi connectivity index (χ0v) is 17.3. The van der Waals surface area contributed by atoms with Crippen molar-refractivity contribution in [1.82, 2.24) is 20.0 Å². The van der Waals surface area contributed by atoms with E-state index >= 15 is 0 Å². The Balaban J connectivity index is 0.00000288. The Morgan fingerprint density at radius 3 is 2.67 bits per heavy atom. The van der Waals surface area contributed by atoms with Crippen molar-refractivity contribution in [2.75, 3.05) is 25.9 Å². The van der Waals surface area contributed by atoms with E-state index in [1.807, 2.05) is 11.8 Å². The van der Waals surface area contributed by atoms with Crippen LogP contribution in [0.1, 0.15) is 25.1 Å². The number of nitrogens with one attached hydrogen (secondary N) is 1. The Bertz CT molecular complexity index is 585. The Morgan fingerprint density at radius 2 is 2.12 bits per heavy atom. The number of hydrogen-bond donors (Lipinski definition) is 1. The van der Waals surface area contributed by atoms with Crippen molar-refractivity contribution >= 4 is 41.7 Å². The fourth-order valence-electron chi connectivity index (χ4n) is 2.61. The van der Waals surface area contributed by atoms with E-state index in [0.29, 0.717) is 5.96 Å². The Labute approximate surface area is 161 Å². The number of nitrogens with zero attached hydrogens (tertiary/aromatic N) is 4. The smallest absolute Gasteiger partial charge is 0.352 e. The number of halogens is 4. The minimum absolute atomic E-state index is 0. The minimum atomic E-state index is -4.45. The van der Waals surface area contributed by atoms with Crippen molar-refractivity contribution in [3.05, 3.63) is 17.5 Å². The zero-order valence-electron chi connectivity index (χ0n) is 14.1. The first-order chi connectivity index (χ1) is 10.6. The molecule has 1 N–H and O–H groups in total. The molecule has 1 saturated heterocycles. The van der Waals surface area contributed by atoms with Gasteiger partial charge in [0.25, 0.3) is 0 Å². The van der Waals surface area contributed by atoms with E-state index in [-0.39, 0.29) is 40.8 Å². The van der Waals surface area contributed by atoms with Gasteiger partial charge in [-0.05, 0) is 13.8 Å². The number of rotatable bonds is 2. The Kier molecular flexibility index (Phi) is 7.27. The largest absolute Gasteiger partial charge is 0.435 e. The summed E-state index contributed by atoms with van der Waals surface area (Å²) in [6.45, 7) is 5.98. The minimum Gasteiger partial charge on any atom is -0.352 e. The van der Waals surface area contributed by atoms with Gasteiger partial charge in [-0.3, -0.25) is 9.67 Å². The molecule has 0 amide bonds. The summed E-state index contributed by atoms with van der Waals surface area (Å²) < 4.78 is 40.2. The van der Waals surface area contributed by atoms with Crippen LogP contribution < -0.4 is 5.32 Å². The standard InChI is InChI=1S/C14H22F3N5S.HI/c1-13(2)9-22(5-6-23-13)12(18-3)19-7-10-8-21(4)20-11(10)14(15,16)17;/h8H,5-7,9H2,1-4H3,(H,18,19);1H. The van der Waals surface area contributed by atoms with Crippen molar-refractivity contribution in [1.29, 1.82) is 0 Å². The molecule has 0 unspecified atom stereocenters. The molecule has 2 heterocycles. The van der Waals surface area contributed by atoms with Crippen molar-refractivity contribution in [2.24, 2.45) is 12.0 Å². The Morgan fingerprint density at radius 1 is 1.46 bits per heavy atom. The lowest BCUT2D eigenvalue weighted by Crippen LogP contribution is -2.50. The van der Waals surface area contributed by atoms with Crippen LogP contribution in [0.4, 0.5) is 13.2 Å². The molecule has 5 nitrogen and oxygen atoms in total. The van der Waals surface area contributed by atoms with Gasteiger partial charge in [-0.15, -0.1) is 24.0 Å². The second-order valence-electron chi connectivity index (χ2n) is 6.10. The molecule has 0 bridgehead atoms. The van der Waals surface area contributed by atoms with Gasteiger partial charge in [0.15, 0.2) is 11.7 Å². The topological polar surface area (TPSA) is 45.5 Å². The van der Waals surface area contributed by atoms with Gasteiger partial charge in [0.2, 0.25) is 0 Å². The number of aryl methyl sites for hydroxylation is 1. The summed E-state index contributed by atoms with van der Waals surface area (Å²) in [4.78, 5) is 6.29. The van der Waals surface area contributed by atoms with Crippen LogP contribution >= 0.6 is 35.7 Å². The van der Waals surface area contributed by atoms with Crippen molar-refractivity contribution in [3.8, 4) is 0 Å². The first-order valence-electron chi connectivity index (χ1n) is 7.31. The summed E-state index contributed by atoms with van der Waals surface area (Å²) in [5, 5.41) is 6.55. The molecular formula is C14H23F3IN5S. The lowest BCUT2D eigenvalue weighted by Gasteiger charge is -2.39. The van der Waals surface area contributed by atoms with E-state index in [4.69, 9.17) is 0 Å². The van der Waals surface area contributed by atoms with Crippen LogP contribution in [0.2, 0.25) is 0 Å². The number of hydrogen-bond acceptors (Lipinski definition) is 3. The monoisotopic (exact) mass is 477 g/mol. The molecule has 1 aromatic rings. The molecule has 0 aromatic carbocycles. The van der Waals surface area contributed by atoms with Gasteiger partial charge in [0, 0.05) is 56.0 Å². The molecule has 1 aliphatic rings. The van der Waals surface area contributed by atoms with E-state index in [2.05, 4.69) is 34.2 Å². The number of thioether (sulfide) groups is 1. The maximum atomic E-state index is 13.0. The summed E-state index contributed by atoms with van der Waals surface area (Å²) in [5.41, 5.74) is -0.732. The predicted octanol–water partition coefficient (Wildman–Crippen LogP) is 2.96. The van der Waals surface area contributed by atoms with Crippen LogP contribution in [-0.4, -0.2) is 51.3 Å².